The molecule has 13 heavy (non-hydrogen) atoms. The Labute approximate surface area is 81.3 Å². The SMILES string of the molecule is CC(C)N1CCC(CCC=O)CC1. The normalized spacial score (nSPS) is 20.8. The molecule has 2 heteroatoms. The molecule has 76 valence electrons. The number of hydrogen-bond acceptors (Lipinski definition) is 2. The molecule has 1 aliphatic heterocycles. The van der Waals surface area contributed by atoms with Gasteiger partial charge in [0.25, 0.3) is 0 Å². The quantitative estimate of drug-likeness (QED) is 0.622. The number of likely N-dealkylation sites (tertiary alicyclic amines) is 1. The lowest BCUT2D eigenvalue weighted by molar-refractivity contribution is -0.108. The molecule has 1 aliphatic rings. The van der Waals surface area contributed by atoms with Crippen LogP contribution in [0.4, 0.5) is 0 Å². The van der Waals surface area contributed by atoms with Crippen molar-refractivity contribution in [3.05, 3.63) is 0 Å². The van der Waals surface area contributed by atoms with E-state index in [4.69, 9.17) is 0 Å². The molecule has 0 aromatic heterocycles. The molecule has 0 amide bonds. The van der Waals surface area contributed by atoms with Crippen LogP contribution in [-0.2, 0) is 4.79 Å². The van der Waals surface area contributed by atoms with E-state index in [-0.39, 0.29) is 0 Å². The van der Waals surface area contributed by atoms with Crippen LogP contribution in [0.1, 0.15) is 39.5 Å². The van der Waals surface area contributed by atoms with Gasteiger partial charge in [-0.25, -0.2) is 0 Å². The van der Waals surface area contributed by atoms with Gasteiger partial charge in [-0.2, -0.15) is 0 Å². The summed E-state index contributed by atoms with van der Waals surface area (Å²) < 4.78 is 0. The molecular weight excluding hydrogens is 162 g/mol. The van der Waals surface area contributed by atoms with Crippen LogP contribution in [-0.4, -0.2) is 30.3 Å². The summed E-state index contributed by atoms with van der Waals surface area (Å²) in [5.74, 6) is 0.806. The van der Waals surface area contributed by atoms with Crippen LogP contribution >= 0.6 is 0 Å². The van der Waals surface area contributed by atoms with Crippen LogP contribution in [0.15, 0.2) is 0 Å². The summed E-state index contributed by atoms with van der Waals surface area (Å²) in [6.45, 7) is 6.96. The number of carbonyl (C=O) groups is 1. The van der Waals surface area contributed by atoms with E-state index in [1.807, 2.05) is 0 Å². The van der Waals surface area contributed by atoms with Gasteiger partial charge in [0.1, 0.15) is 6.29 Å². The lowest BCUT2D eigenvalue weighted by Crippen LogP contribution is -2.38. The van der Waals surface area contributed by atoms with Gasteiger partial charge >= 0.3 is 0 Å². The molecule has 1 fully saturated rings. The van der Waals surface area contributed by atoms with Gasteiger partial charge in [0.15, 0.2) is 0 Å². The predicted molar refractivity (Wildman–Crippen MR) is 54.7 cm³/mol. The Kier molecular flexibility index (Phi) is 4.43. The molecule has 0 N–H and O–H groups in total. The maximum Gasteiger partial charge on any atom is 0.120 e. The third kappa shape index (κ3) is 3.47. The Morgan fingerprint density at radius 1 is 1.38 bits per heavy atom. The summed E-state index contributed by atoms with van der Waals surface area (Å²) in [4.78, 5) is 12.7. The van der Waals surface area contributed by atoms with Crippen molar-refractivity contribution in [2.75, 3.05) is 13.1 Å². The molecule has 0 aromatic carbocycles. The van der Waals surface area contributed by atoms with E-state index < -0.39 is 0 Å². The maximum atomic E-state index is 10.2. The lowest BCUT2D eigenvalue weighted by Gasteiger charge is -2.34. The predicted octanol–water partition coefficient (Wildman–Crippen LogP) is 2.09. The van der Waals surface area contributed by atoms with Crippen LogP contribution in [0, 0.1) is 5.92 Å². The number of rotatable bonds is 4. The molecule has 0 spiro atoms. The first-order valence-electron chi connectivity index (χ1n) is 5.41. The van der Waals surface area contributed by atoms with Crippen molar-refractivity contribution in [2.24, 2.45) is 5.92 Å². The first-order valence-corrected chi connectivity index (χ1v) is 5.41. The van der Waals surface area contributed by atoms with E-state index in [0.29, 0.717) is 6.04 Å². The van der Waals surface area contributed by atoms with Gasteiger partial charge in [-0.3, -0.25) is 0 Å². The Balaban J connectivity index is 2.18. The maximum absolute atomic E-state index is 10.2. The number of nitrogens with zero attached hydrogens (tertiary/aromatic N) is 1. The number of carbonyl (C=O) groups excluding carboxylic acids is 1. The molecule has 1 rings (SSSR count). The lowest BCUT2D eigenvalue weighted by atomic mass is 9.92. The summed E-state index contributed by atoms with van der Waals surface area (Å²) in [5.41, 5.74) is 0. The van der Waals surface area contributed by atoms with Crippen LogP contribution in [0.2, 0.25) is 0 Å². The van der Waals surface area contributed by atoms with Crippen molar-refractivity contribution in [3.63, 3.8) is 0 Å². The fourth-order valence-corrected chi connectivity index (χ4v) is 2.06. The average Bonchev–Trinajstić information content (AvgIpc) is 2.15. The zero-order valence-electron chi connectivity index (χ0n) is 8.83. The van der Waals surface area contributed by atoms with E-state index in [0.717, 1.165) is 25.0 Å². The summed E-state index contributed by atoms with van der Waals surface area (Å²) in [6, 6.07) is 0.687. The Bertz CT molecular complexity index is 148. The minimum Gasteiger partial charge on any atom is -0.303 e. The second kappa shape index (κ2) is 5.38. The number of hydrogen-bond donors (Lipinski definition) is 0. The fourth-order valence-electron chi connectivity index (χ4n) is 2.06. The Morgan fingerprint density at radius 2 is 2.00 bits per heavy atom. The van der Waals surface area contributed by atoms with Crippen molar-refractivity contribution < 1.29 is 4.79 Å². The highest BCUT2D eigenvalue weighted by molar-refractivity contribution is 5.49. The minimum absolute atomic E-state index is 0.687. The fraction of sp³-hybridized carbons (Fsp3) is 0.909. The first-order chi connectivity index (χ1) is 6.24. The topological polar surface area (TPSA) is 20.3 Å². The van der Waals surface area contributed by atoms with Crippen LogP contribution in [0.5, 0.6) is 0 Å². The monoisotopic (exact) mass is 183 g/mol. The average molecular weight is 183 g/mol. The van der Waals surface area contributed by atoms with Gasteiger partial charge in [-0.1, -0.05) is 0 Å². The second-order valence-corrected chi connectivity index (χ2v) is 4.32. The third-order valence-electron chi connectivity index (χ3n) is 3.07. The molecule has 0 atom stereocenters. The van der Waals surface area contributed by atoms with E-state index >= 15 is 0 Å². The van der Waals surface area contributed by atoms with E-state index in [9.17, 15) is 4.79 Å². The molecule has 2 nitrogen and oxygen atoms in total. The largest absolute Gasteiger partial charge is 0.303 e. The summed E-state index contributed by atoms with van der Waals surface area (Å²) in [6.07, 6.45) is 5.48. The van der Waals surface area contributed by atoms with Crippen molar-refractivity contribution in [3.8, 4) is 0 Å². The van der Waals surface area contributed by atoms with Gasteiger partial charge in [-0.15, -0.1) is 0 Å². The zero-order chi connectivity index (χ0) is 9.68. The third-order valence-corrected chi connectivity index (χ3v) is 3.07. The summed E-state index contributed by atoms with van der Waals surface area (Å²) >= 11 is 0. The Morgan fingerprint density at radius 3 is 2.46 bits per heavy atom. The van der Waals surface area contributed by atoms with Gasteiger partial charge in [-0.05, 0) is 52.1 Å². The molecule has 0 bridgehead atoms. The molecule has 0 aliphatic carbocycles. The standard InChI is InChI=1S/C11H21NO/c1-10(2)12-7-5-11(6-8-12)4-3-9-13/h9-11H,3-8H2,1-2H3. The first kappa shape index (κ1) is 10.7. The molecule has 1 heterocycles. The summed E-state index contributed by atoms with van der Waals surface area (Å²) in [5, 5.41) is 0. The molecule has 0 aromatic rings. The van der Waals surface area contributed by atoms with Gasteiger partial charge < -0.3 is 9.69 Å². The Hall–Kier alpha value is -0.370. The van der Waals surface area contributed by atoms with Crippen LogP contribution in [0.25, 0.3) is 0 Å². The van der Waals surface area contributed by atoms with E-state index in [2.05, 4.69) is 18.7 Å². The highest BCUT2D eigenvalue weighted by Crippen LogP contribution is 2.22. The van der Waals surface area contributed by atoms with Gasteiger partial charge in [0.05, 0.1) is 0 Å². The smallest absolute Gasteiger partial charge is 0.120 e. The van der Waals surface area contributed by atoms with Crippen molar-refractivity contribution in [2.45, 2.75) is 45.6 Å². The van der Waals surface area contributed by atoms with Crippen molar-refractivity contribution in [1.29, 1.82) is 0 Å². The summed E-state index contributed by atoms with van der Waals surface area (Å²) in [7, 11) is 0. The second-order valence-electron chi connectivity index (χ2n) is 4.32. The number of aldehydes is 1. The molecule has 1 saturated heterocycles. The van der Waals surface area contributed by atoms with E-state index in [1.54, 1.807) is 0 Å². The molecule has 0 saturated carbocycles. The van der Waals surface area contributed by atoms with Gasteiger partial charge in [0, 0.05) is 12.5 Å². The van der Waals surface area contributed by atoms with Crippen LogP contribution in [0.3, 0.4) is 0 Å². The highest BCUT2D eigenvalue weighted by Gasteiger charge is 2.19. The van der Waals surface area contributed by atoms with Crippen LogP contribution < -0.4 is 0 Å². The van der Waals surface area contributed by atoms with Crippen molar-refractivity contribution >= 4 is 6.29 Å². The van der Waals surface area contributed by atoms with Crippen molar-refractivity contribution in [1.82, 2.24) is 4.90 Å². The zero-order valence-corrected chi connectivity index (χ0v) is 8.83. The number of piperidine rings is 1. The minimum atomic E-state index is 0.687. The molecule has 0 radical (unpaired) electrons. The highest BCUT2D eigenvalue weighted by atomic mass is 16.1. The molecular formula is C11H21NO. The molecule has 0 unspecified atom stereocenters. The van der Waals surface area contributed by atoms with E-state index in [1.165, 1.54) is 25.9 Å². The van der Waals surface area contributed by atoms with Gasteiger partial charge in [0.2, 0.25) is 0 Å².